The van der Waals surface area contributed by atoms with Crippen LogP contribution in [0.2, 0.25) is 0 Å². The second kappa shape index (κ2) is 9.64. The van der Waals surface area contributed by atoms with Crippen molar-refractivity contribution in [2.24, 2.45) is 0 Å². The Morgan fingerprint density at radius 3 is 2.57 bits per heavy atom. The Morgan fingerprint density at radius 1 is 1.03 bits per heavy atom. The first-order valence-corrected chi connectivity index (χ1v) is 10.6. The fraction of sp³-hybridized carbons (Fsp3) is 0.286. The minimum absolute atomic E-state index is 0.501. The number of pyridine rings is 1. The van der Waals surface area contributed by atoms with E-state index in [1.165, 1.54) is 17.3 Å². The zero-order valence-corrected chi connectivity index (χ0v) is 17.7. The Kier molecular flexibility index (Phi) is 6.50. The van der Waals surface area contributed by atoms with Crippen LogP contribution in [0.3, 0.4) is 0 Å². The summed E-state index contributed by atoms with van der Waals surface area (Å²) in [5.41, 5.74) is 3.17. The maximum atomic E-state index is 5.44. The van der Waals surface area contributed by atoms with Gasteiger partial charge < -0.3 is 9.26 Å². The third kappa shape index (κ3) is 4.58. The van der Waals surface area contributed by atoms with Crippen molar-refractivity contribution >= 4 is 11.8 Å². The molecule has 4 aromatic rings. The van der Waals surface area contributed by atoms with Gasteiger partial charge in [-0.25, -0.2) is 0 Å². The van der Waals surface area contributed by atoms with Gasteiger partial charge in [0.15, 0.2) is 11.0 Å². The van der Waals surface area contributed by atoms with Gasteiger partial charge in [-0.2, -0.15) is 4.98 Å². The minimum Gasteiger partial charge on any atom is -0.383 e. The molecular formula is C21H22N6O2S. The predicted octanol–water partition coefficient (Wildman–Crippen LogP) is 3.89. The van der Waals surface area contributed by atoms with Gasteiger partial charge >= 0.3 is 0 Å². The van der Waals surface area contributed by atoms with Crippen molar-refractivity contribution in [2.45, 2.75) is 30.8 Å². The van der Waals surface area contributed by atoms with Crippen molar-refractivity contribution in [3.8, 4) is 22.8 Å². The topological polar surface area (TPSA) is 91.8 Å². The summed E-state index contributed by atoms with van der Waals surface area (Å²) < 4.78 is 12.7. The highest BCUT2D eigenvalue weighted by Gasteiger charge is 2.16. The largest absolute Gasteiger partial charge is 0.383 e. The Morgan fingerprint density at radius 2 is 1.83 bits per heavy atom. The number of hydrogen-bond acceptors (Lipinski definition) is 8. The number of aryl methyl sites for hydroxylation is 1. The zero-order chi connectivity index (χ0) is 20.8. The molecule has 0 saturated heterocycles. The van der Waals surface area contributed by atoms with Gasteiger partial charge in [0.2, 0.25) is 11.7 Å². The smallest absolute Gasteiger partial charge is 0.237 e. The fourth-order valence-electron chi connectivity index (χ4n) is 2.94. The highest BCUT2D eigenvalue weighted by atomic mass is 32.2. The molecule has 3 heterocycles. The molecule has 0 fully saturated rings. The van der Waals surface area contributed by atoms with E-state index < -0.39 is 0 Å². The molecule has 1 aromatic carbocycles. The molecule has 8 nitrogen and oxygen atoms in total. The van der Waals surface area contributed by atoms with E-state index in [1.54, 1.807) is 19.5 Å². The van der Waals surface area contributed by atoms with Crippen LogP contribution in [-0.4, -0.2) is 43.6 Å². The van der Waals surface area contributed by atoms with Gasteiger partial charge in [0.05, 0.1) is 18.9 Å². The van der Waals surface area contributed by atoms with Gasteiger partial charge in [-0.1, -0.05) is 48.1 Å². The molecule has 4 rings (SSSR count). The molecule has 0 bridgehead atoms. The van der Waals surface area contributed by atoms with Gasteiger partial charge in [-0.15, -0.1) is 10.2 Å². The summed E-state index contributed by atoms with van der Waals surface area (Å²) in [5, 5.41) is 13.6. The fourth-order valence-corrected chi connectivity index (χ4v) is 3.74. The number of aromatic nitrogens is 6. The number of ether oxygens (including phenoxy) is 1. The third-order valence-corrected chi connectivity index (χ3v) is 5.54. The highest BCUT2D eigenvalue weighted by Crippen LogP contribution is 2.26. The van der Waals surface area contributed by atoms with E-state index in [0.717, 1.165) is 28.5 Å². The van der Waals surface area contributed by atoms with Crippen LogP contribution in [0.15, 0.2) is 58.5 Å². The second-order valence-corrected chi connectivity index (χ2v) is 7.48. The molecule has 0 N–H and O–H groups in total. The van der Waals surface area contributed by atoms with Crippen LogP contribution in [0, 0.1) is 0 Å². The van der Waals surface area contributed by atoms with Crippen LogP contribution in [0.4, 0.5) is 0 Å². The summed E-state index contributed by atoms with van der Waals surface area (Å²) in [6, 6.07) is 12.0. The lowest BCUT2D eigenvalue weighted by molar-refractivity contribution is 0.185. The molecule has 154 valence electrons. The summed E-state index contributed by atoms with van der Waals surface area (Å²) in [7, 11) is 1.68. The molecule has 3 aromatic heterocycles. The van der Waals surface area contributed by atoms with Crippen LogP contribution in [-0.2, 0) is 23.5 Å². The molecule has 0 spiro atoms. The molecule has 0 amide bonds. The Bertz CT molecular complexity index is 1080. The van der Waals surface area contributed by atoms with Crippen LogP contribution in [0.1, 0.15) is 18.4 Å². The van der Waals surface area contributed by atoms with E-state index in [0.29, 0.717) is 30.6 Å². The first kappa shape index (κ1) is 20.2. The highest BCUT2D eigenvalue weighted by molar-refractivity contribution is 7.98. The van der Waals surface area contributed by atoms with Gasteiger partial charge in [0.1, 0.15) is 0 Å². The van der Waals surface area contributed by atoms with Crippen molar-refractivity contribution in [1.82, 2.24) is 29.9 Å². The minimum atomic E-state index is 0.501. The second-order valence-electron chi connectivity index (χ2n) is 6.54. The molecular weight excluding hydrogens is 400 g/mol. The summed E-state index contributed by atoms with van der Waals surface area (Å²) >= 11 is 1.50. The number of nitrogens with zero attached hydrogens (tertiary/aromatic N) is 6. The lowest BCUT2D eigenvalue weighted by Gasteiger charge is -2.08. The van der Waals surface area contributed by atoms with E-state index >= 15 is 0 Å². The molecule has 0 aliphatic carbocycles. The molecule has 0 aliphatic heterocycles. The summed E-state index contributed by atoms with van der Waals surface area (Å²) in [5.74, 6) is 2.41. The van der Waals surface area contributed by atoms with Gasteiger partial charge in [-0.3, -0.25) is 9.55 Å². The summed E-state index contributed by atoms with van der Waals surface area (Å²) in [6.45, 7) is 3.33. The summed E-state index contributed by atoms with van der Waals surface area (Å²) in [4.78, 5) is 8.59. The molecule has 0 aliphatic rings. The number of benzene rings is 1. The summed E-state index contributed by atoms with van der Waals surface area (Å²) in [6.07, 6.45) is 4.48. The monoisotopic (exact) mass is 422 g/mol. The van der Waals surface area contributed by atoms with E-state index in [4.69, 9.17) is 9.26 Å². The van der Waals surface area contributed by atoms with Crippen molar-refractivity contribution in [3.63, 3.8) is 0 Å². The van der Waals surface area contributed by atoms with Gasteiger partial charge in [0.25, 0.3) is 0 Å². The number of hydrogen-bond donors (Lipinski definition) is 0. The molecule has 0 saturated carbocycles. The van der Waals surface area contributed by atoms with E-state index in [-0.39, 0.29) is 0 Å². The molecule has 30 heavy (non-hydrogen) atoms. The van der Waals surface area contributed by atoms with Crippen LogP contribution in [0.5, 0.6) is 0 Å². The quantitative estimate of drug-likeness (QED) is 0.375. The predicted molar refractivity (Wildman–Crippen MR) is 114 cm³/mol. The van der Waals surface area contributed by atoms with Gasteiger partial charge in [0, 0.05) is 30.6 Å². The Hall–Kier alpha value is -3.04. The van der Waals surface area contributed by atoms with Crippen molar-refractivity contribution in [3.05, 3.63) is 60.2 Å². The molecule has 0 radical (unpaired) electrons. The standard InChI is InChI=1S/C21H22N6O2S/c1-3-15-4-6-16(7-5-15)19-23-18(29-26-19)14-30-21-25-24-20(27(21)12-13-28-2)17-8-10-22-11-9-17/h4-11H,3,12-14H2,1-2H3. The zero-order valence-electron chi connectivity index (χ0n) is 16.9. The van der Waals surface area contributed by atoms with Crippen molar-refractivity contribution in [1.29, 1.82) is 0 Å². The van der Waals surface area contributed by atoms with Crippen molar-refractivity contribution in [2.75, 3.05) is 13.7 Å². The Labute approximate surface area is 178 Å². The Balaban J connectivity index is 1.49. The number of thioether (sulfide) groups is 1. The SMILES string of the molecule is CCc1ccc(-c2noc(CSc3nnc(-c4ccncc4)n3CCOC)n2)cc1. The number of rotatable bonds is 9. The average Bonchev–Trinajstić information content (AvgIpc) is 3.44. The maximum Gasteiger partial charge on any atom is 0.237 e. The number of methoxy groups -OCH3 is 1. The lowest BCUT2D eigenvalue weighted by atomic mass is 10.1. The van der Waals surface area contributed by atoms with E-state index in [9.17, 15) is 0 Å². The molecule has 0 unspecified atom stereocenters. The molecule has 0 atom stereocenters. The average molecular weight is 423 g/mol. The van der Waals surface area contributed by atoms with E-state index in [1.807, 2.05) is 28.8 Å². The first-order valence-electron chi connectivity index (χ1n) is 9.65. The van der Waals surface area contributed by atoms with Crippen molar-refractivity contribution < 1.29 is 9.26 Å². The van der Waals surface area contributed by atoms with Crippen LogP contribution >= 0.6 is 11.8 Å². The third-order valence-electron chi connectivity index (χ3n) is 4.59. The van der Waals surface area contributed by atoms with Crippen LogP contribution in [0.25, 0.3) is 22.8 Å². The lowest BCUT2D eigenvalue weighted by Crippen LogP contribution is -2.07. The molecule has 9 heteroatoms. The van der Waals surface area contributed by atoms with Gasteiger partial charge in [-0.05, 0) is 24.1 Å². The van der Waals surface area contributed by atoms with Crippen LogP contribution < -0.4 is 0 Å². The normalized spacial score (nSPS) is 11.1. The first-order chi connectivity index (χ1) is 14.8. The maximum absolute atomic E-state index is 5.44. The van der Waals surface area contributed by atoms with E-state index in [2.05, 4.69) is 44.4 Å².